The zero-order chi connectivity index (χ0) is 16.1. The molecule has 0 radical (unpaired) electrons. The second kappa shape index (κ2) is 6.83. The molecule has 0 unspecified atom stereocenters. The molecule has 0 aliphatic rings. The van der Waals surface area contributed by atoms with E-state index in [0.29, 0.717) is 13.2 Å². The lowest BCUT2D eigenvalue weighted by Gasteiger charge is -2.23. The number of alkyl carbamates (subject to hydrolysis) is 1. The smallest absolute Gasteiger partial charge is 0.407 e. The highest BCUT2D eigenvalue weighted by molar-refractivity contribution is 5.67. The fourth-order valence-electron chi connectivity index (χ4n) is 1.84. The third kappa shape index (κ3) is 6.52. The minimum absolute atomic E-state index is 0.0230. The van der Waals surface area contributed by atoms with Crippen LogP contribution in [0.25, 0.3) is 0 Å². The van der Waals surface area contributed by atoms with Gasteiger partial charge in [-0.3, -0.25) is 0 Å². The summed E-state index contributed by atoms with van der Waals surface area (Å²) in [4.78, 5) is 11.5. The standard InChI is InChI=1S/C17H27NO3/c1-16(2,3)13-9-7-8-10-14(13)20-12-11-18-15(19)21-17(4,5)6/h7-10H,11-12H2,1-6H3,(H,18,19). The van der Waals surface area contributed by atoms with Crippen LogP contribution in [0.3, 0.4) is 0 Å². The minimum atomic E-state index is -0.482. The number of nitrogens with one attached hydrogen (secondary N) is 1. The summed E-state index contributed by atoms with van der Waals surface area (Å²) >= 11 is 0. The normalized spacial score (nSPS) is 11.9. The molecular formula is C17H27NO3. The van der Waals surface area contributed by atoms with Gasteiger partial charge in [-0.2, -0.15) is 0 Å². The second-order valence-electron chi connectivity index (χ2n) is 7.02. The average molecular weight is 293 g/mol. The van der Waals surface area contributed by atoms with Crippen molar-refractivity contribution in [1.29, 1.82) is 0 Å². The van der Waals surface area contributed by atoms with E-state index in [1.54, 1.807) is 0 Å². The van der Waals surface area contributed by atoms with Crippen LogP contribution >= 0.6 is 0 Å². The summed E-state index contributed by atoms with van der Waals surface area (Å²) in [6, 6.07) is 7.98. The van der Waals surface area contributed by atoms with E-state index in [2.05, 4.69) is 32.2 Å². The molecule has 0 bridgehead atoms. The van der Waals surface area contributed by atoms with Gasteiger partial charge in [-0.25, -0.2) is 4.79 Å². The molecule has 0 spiro atoms. The molecular weight excluding hydrogens is 266 g/mol. The number of benzene rings is 1. The number of rotatable bonds is 4. The fraction of sp³-hybridized carbons (Fsp3) is 0.588. The second-order valence-corrected chi connectivity index (χ2v) is 7.02. The predicted molar refractivity (Wildman–Crippen MR) is 84.9 cm³/mol. The SMILES string of the molecule is CC(C)(C)OC(=O)NCCOc1ccccc1C(C)(C)C. The van der Waals surface area contributed by atoms with Gasteiger partial charge in [0.25, 0.3) is 0 Å². The molecule has 0 fully saturated rings. The fourth-order valence-corrected chi connectivity index (χ4v) is 1.84. The first-order valence-electron chi connectivity index (χ1n) is 7.29. The molecule has 1 aromatic carbocycles. The molecule has 0 aliphatic carbocycles. The van der Waals surface area contributed by atoms with Crippen molar-refractivity contribution in [2.24, 2.45) is 0 Å². The van der Waals surface area contributed by atoms with Gasteiger partial charge in [-0.05, 0) is 37.8 Å². The zero-order valence-corrected chi connectivity index (χ0v) is 13.9. The van der Waals surface area contributed by atoms with Gasteiger partial charge < -0.3 is 14.8 Å². The highest BCUT2D eigenvalue weighted by atomic mass is 16.6. The van der Waals surface area contributed by atoms with Crippen molar-refractivity contribution in [3.8, 4) is 5.75 Å². The van der Waals surface area contributed by atoms with Crippen molar-refractivity contribution in [2.75, 3.05) is 13.2 Å². The van der Waals surface area contributed by atoms with E-state index in [1.807, 2.05) is 39.0 Å². The lowest BCUT2D eigenvalue weighted by molar-refractivity contribution is 0.0520. The van der Waals surface area contributed by atoms with Gasteiger partial charge in [0.1, 0.15) is 18.0 Å². The molecule has 4 heteroatoms. The Kier molecular flexibility index (Phi) is 5.64. The third-order valence-corrected chi connectivity index (χ3v) is 2.72. The molecule has 0 heterocycles. The first-order valence-corrected chi connectivity index (χ1v) is 7.29. The molecule has 1 rings (SSSR count). The first-order chi connectivity index (χ1) is 9.59. The quantitative estimate of drug-likeness (QED) is 0.857. The van der Waals surface area contributed by atoms with E-state index in [9.17, 15) is 4.79 Å². The number of hydrogen-bond acceptors (Lipinski definition) is 3. The van der Waals surface area contributed by atoms with Gasteiger partial charge in [-0.15, -0.1) is 0 Å². The molecule has 0 aromatic heterocycles. The highest BCUT2D eigenvalue weighted by Crippen LogP contribution is 2.30. The van der Waals surface area contributed by atoms with Crippen LogP contribution < -0.4 is 10.1 Å². The lowest BCUT2D eigenvalue weighted by Crippen LogP contribution is -2.34. The molecule has 118 valence electrons. The molecule has 1 N–H and O–H groups in total. The summed E-state index contributed by atoms with van der Waals surface area (Å²) in [7, 11) is 0. The van der Waals surface area contributed by atoms with Crippen LogP contribution in [-0.2, 0) is 10.2 Å². The minimum Gasteiger partial charge on any atom is -0.491 e. The Morgan fingerprint density at radius 3 is 2.29 bits per heavy atom. The molecule has 1 amide bonds. The topological polar surface area (TPSA) is 47.6 Å². The van der Waals surface area contributed by atoms with Gasteiger partial charge in [0.05, 0.1) is 6.54 Å². The number of hydrogen-bond donors (Lipinski definition) is 1. The Balaban J connectivity index is 2.46. The summed E-state index contributed by atoms with van der Waals surface area (Å²) in [5, 5.41) is 2.68. The van der Waals surface area contributed by atoms with Gasteiger partial charge >= 0.3 is 6.09 Å². The van der Waals surface area contributed by atoms with Gasteiger partial charge in [0.2, 0.25) is 0 Å². The van der Waals surface area contributed by atoms with Crippen LogP contribution in [-0.4, -0.2) is 24.8 Å². The highest BCUT2D eigenvalue weighted by Gasteiger charge is 2.18. The predicted octanol–water partition coefficient (Wildman–Crippen LogP) is 3.89. The van der Waals surface area contributed by atoms with Crippen molar-refractivity contribution in [3.63, 3.8) is 0 Å². The van der Waals surface area contributed by atoms with Crippen LogP contribution in [0.1, 0.15) is 47.1 Å². The Morgan fingerprint density at radius 2 is 1.71 bits per heavy atom. The Morgan fingerprint density at radius 1 is 1.10 bits per heavy atom. The van der Waals surface area contributed by atoms with Crippen molar-refractivity contribution in [2.45, 2.75) is 52.6 Å². The average Bonchev–Trinajstić information content (AvgIpc) is 2.32. The molecule has 21 heavy (non-hydrogen) atoms. The van der Waals surface area contributed by atoms with E-state index < -0.39 is 11.7 Å². The molecule has 0 aliphatic heterocycles. The van der Waals surface area contributed by atoms with E-state index in [1.165, 1.54) is 0 Å². The van der Waals surface area contributed by atoms with Crippen LogP contribution in [0.2, 0.25) is 0 Å². The monoisotopic (exact) mass is 293 g/mol. The maximum atomic E-state index is 11.5. The number of amides is 1. The number of ether oxygens (including phenoxy) is 2. The summed E-state index contributed by atoms with van der Waals surface area (Å²) in [5.41, 5.74) is 0.696. The van der Waals surface area contributed by atoms with Crippen molar-refractivity contribution in [3.05, 3.63) is 29.8 Å². The van der Waals surface area contributed by atoms with Crippen LogP contribution in [0, 0.1) is 0 Å². The van der Waals surface area contributed by atoms with Gasteiger partial charge in [-0.1, -0.05) is 39.0 Å². The Bertz CT molecular complexity index is 470. The zero-order valence-electron chi connectivity index (χ0n) is 13.9. The summed E-state index contributed by atoms with van der Waals surface area (Å²) < 4.78 is 10.9. The van der Waals surface area contributed by atoms with Gasteiger partial charge in [0, 0.05) is 0 Å². The molecule has 1 aromatic rings. The van der Waals surface area contributed by atoms with E-state index in [4.69, 9.17) is 9.47 Å². The molecule has 4 nitrogen and oxygen atoms in total. The first kappa shape index (κ1) is 17.3. The van der Waals surface area contributed by atoms with Crippen molar-refractivity contribution >= 4 is 6.09 Å². The maximum Gasteiger partial charge on any atom is 0.407 e. The number of carbonyl (C=O) groups is 1. The number of carbonyl (C=O) groups excluding carboxylic acids is 1. The molecule has 0 saturated heterocycles. The van der Waals surface area contributed by atoms with Crippen LogP contribution in [0.4, 0.5) is 4.79 Å². The third-order valence-electron chi connectivity index (χ3n) is 2.72. The van der Waals surface area contributed by atoms with E-state index in [0.717, 1.165) is 11.3 Å². The Hall–Kier alpha value is -1.71. The number of para-hydroxylation sites is 1. The van der Waals surface area contributed by atoms with E-state index in [-0.39, 0.29) is 5.41 Å². The Labute approximate surface area is 127 Å². The largest absolute Gasteiger partial charge is 0.491 e. The van der Waals surface area contributed by atoms with Crippen molar-refractivity contribution in [1.82, 2.24) is 5.32 Å². The van der Waals surface area contributed by atoms with Crippen LogP contribution in [0.5, 0.6) is 5.75 Å². The van der Waals surface area contributed by atoms with Gasteiger partial charge in [0.15, 0.2) is 0 Å². The molecule has 0 saturated carbocycles. The summed E-state index contributed by atoms with van der Waals surface area (Å²) in [5.74, 6) is 0.857. The van der Waals surface area contributed by atoms with Crippen molar-refractivity contribution < 1.29 is 14.3 Å². The van der Waals surface area contributed by atoms with E-state index >= 15 is 0 Å². The lowest BCUT2D eigenvalue weighted by atomic mass is 9.86. The summed E-state index contributed by atoms with van der Waals surface area (Å²) in [6.45, 7) is 12.8. The maximum absolute atomic E-state index is 11.5. The molecule has 0 atom stereocenters. The summed E-state index contributed by atoms with van der Waals surface area (Å²) in [6.07, 6.45) is -0.421. The van der Waals surface area contributed by atoms with Crippen LogP contribution in [0.15, 0.2) is 24.3 Å².